The van der Waals surface area contributed by atoms with Crippen LogP contribution in [0.25, 0.3) is 0 Å². The second-order valence-corrected chi connectivity index (χ2v) is 12.1. The second kappa shape index (κ2) is 18.9. The second-order valence-electron chi connectivity index (χ2n) is 12.1. The topological polar surface area (TPSA) is 160 Å². The van der Waals surface area contributed by atoms with Gasteiger partial charge in [-0.05, 0) is 63.5 Å². The molecule has 0 aromatic carbocycles. The van der Waals surface area contributed by atoms with E-state index in [-0.39, 0.29) is 35.3 Å². The van der Waals surface area contributed by atoms with Crippen molar-refractivity contribution in [2.24, 2.45) is 16.9 Å². The Bertz CT molecular complexity index is 1090. The molecule has 1 atom stereocenters. The third-order valence-electron chi connectivity index (χ3n) is 7.24. The number of hydrogen-bond acceptors (Lipinski definition) is 6. The maximum atomic E-state index is 13.2. The summed E-state index contributed by atoms with van der Waals surface area (Å²) in [6.45, 7) is 21.0. The molecule has 236 valence electrons. The van der Waals surface area contributed by atoms with Crippen LogP contribution in [0, 0.1) is 5.41 Å². The maximum absolute atomic E-state index is 13.2. The molecule has 1 heterocycles. The smallest absolute Gasteiger partial charge is 0.290 e. The Labute approximate surface area is 253 Å². The number of carbonyl (C=O) groups excluding carboxylic acids is 2. The minimum atomic E-state index is -0.352. The first-order valence-corrected chi connectivity index (χ1v) is 14.8. The molecule has 0 saturated carbocycles. The van der Waals surface area contributed by atoms with Crippen molar-refractivity contribution in [3.63, 3.8) is 0 Å². The molecule has 0 aliphatic carbocycles. The van der Waals surface area contributed by atoms with Gasteiger partial charge in [0.05, 0.1) is 11.7 Å². The van der Waals surface area contributed by atoms with E-state index in [1.165, 1.54) is 0 Å². The van der Waals surface area contributed by atoms with E-state index >= 15 is 0 Å². The molecule has 2 amide bonds. The van der Waals surface area contributed by atoms with Crippen LogP contribution >= 0.6 is 0 Å². The highest BCUT2D eigenvalue weighted by molar-refractivity contribution is 5.97. The van der Waals surface area contributed by atoms with Crippen molar-refractivity contribution >= 4 is 18.3 Å². The van der Waals surface area contributed by atoms with Crippen molar-refractivity contribution in [3.8, 4) is 0 Å². The molecule has 9 heteroatoms. The first-order valence-electron chi connectivity index (χ1n) is 14.8. The predicted molar refractivity (Wildman–Crippen MR) is 172 cm³/mol. The van der Waals surface area contributed by atoms with E-state index in [4.69, 9.17) is 21.4 Å². The van der Waals surface area contributed by atoms with Gasteiger partial charge >= 0.3 is 0 Å². The minimum Gasteiger partial charge on any atom is -0.483 e. The summed E-state index contributed by atoms with van der Waals surface area (Å²) in [6.07, 6.45) is 9.05. The van der Waals surface area contributed by atoms with Crippen LogP contribution < -0.4 is 22.1 Å². The van der Waals surface area contributed by atoms with E-state index in [9.17, 15) is 9.59 Å². The van der Waals surface area contributed by atoms with Crippen molar-refractivity contribution in [1.29, 1.82) is 0 Å². The molecule has 1 aromatic rings. The van der Waals surface area contributed by atoms with Crippen LogP contribution in [-0.2, 0) is 15.0 Å². The largest absolute Gasteiger partial charge is 0.483 e. The lowest BCUT2D eigenvalue weighted by Crippen LogP contribution is -2.42. The first-order chi connectivity index (χ1) is 19.6. The third kappa shape index (κ3) is 13.9. The molecule has 0 spiro atoms. The molecule has 1 rings (SSSR count). The number of rotatable bonds is 16. The zero-order chi connectivity index (χ0) is 32.5. The summed E-state index contributed by atoms with van der Waals surface area (Å²) in [5.41, 5.74) is 16.2. The van der Waals surface area contributed by atoms with Crippen molar-refractivity contribution < 1.29 is 19.5 Å². The van der Waals surface area contributed by atoms with E-state index in [0.717, 1.165) is 55.4 Å². The summed E-state index contributed by atoms with van der Waals surface area (Å²) in [7, 11) is 0. The molecule has 0 bridgehead atoms. The van der Waals surface area contributed by atoms with E-state index in [0.29, 0.717) is 29.8 Å². The number of nitrogens with zero attached hydrogens (tertiary/aromatic N) is 1. The third-order valence-corrected chi connectivity index (χ3v) is 7.24. The lowest BCUT2D eigenvalue weighted by molar-refractivity contribution is -0.123. The summed E-state index contributed by atoms with van der Waals surface area (Å²) >= 11 is 0. The van der Waals surface area contributed by atoms with Gasteiger partial charge in [-0.2, -0.15) is 0 Å². The molecule has 0 aliphatic heterocycles. The lowest BCUT2D eigenvalue weighted by Gasteiger charge is -2.36. The van der Waals surface area contributed by atoms with Gasteiger partial charge in [-0.25, -0.2) is 0 Å². The zero-order valence-electron chi connectivity index (χ0n) is 27.1. The van der Waals surface area contributed by atoms with Crippen LogP contribution in [-0.4, -0.2) is 41.1 Å². The fourth-order valence-electron chi connectivity index (χ4n) is 4.82. The molecule has 0 radical (unpaired) electrons. The van der Waals surface area contributed by atoms with E-state index in [2.05, 4.69) is 70.7 Å². The van der Waals surface area contributed by atoms with Gasteiger partial charge in [0, 0.05) is 35.1 Å². The van der Waals surface area contributed by atoms with Gasteiger partial charge in [-0.1, -0.05) is 78.2 Å². The average molecular weight is 586 g/mol. The van der Waals surface area contributed by atoms with E-state index < -0.39 is 0 Å². The number of pyridine rings is 1. The van der Waals surface area contributed by atoms with Crippen LogP contribution in [0.15, 0.2) is 53.4 Å². The van der Waals surface area contributed by atoms with Gasteiger partial charge < -0.3 is 27.2 Å². The van der Waals surface area contributed by atoms with Crippen LogP contribution in [0.4, 0.5) is 0 Å². The van der Waals surface area contributed by atoms with Gasteiger partial charge in [-0.3, -0.25) is 19.4 Å². The van der Waals surface area contributed by atoms with Gasteiger partial charge in [0.1, 0.15) is 0 Å². The molecular weight excluding hydrogens is 530 g/mol. The zero-order valence-corrected chi connectivity index (χ0v) is 27.1. The van der Waals surface area contributed by atoms with Crippen LogP contribution in [0.2, 0.25) is 0 Å². The monoisotopic (exact) mass is 585 g/mol. The fourth-order valence-corrected chi connectivity index (χ4v) is 4.82. The first kappa shape index (κ1) is 38.5. The standard InChI is InChI=1S/C32H53N5O2.CH2O2/c1-10-13-22(3)26(30(39)37-28(34)14-11-2)19-23(4)31(6,7)21-32(8,9)27-17-16-25(20-36-27)29(38)35-18-12-15-24(5)33;2-1-3/h16-17,19-20,28H,5,10-15,18,21,33-34H2,1-4,6-9H3,(H,35,38)(H,37,39);1H,(H,2,3)/b23-19+,26-22+;. The predicted octanol–water partition coefficient (Wildman–Crippen LogP) is 5.72. The van der Waals surface area contributed by atoms with Gasteiger partial charge in [0.15, 0.2) is 0 Å². The lowest BCUT2D eigenvalue weighted by atomic mass is 9.69. The highest BCUT2D eigenvalue weighted by Gasteiger charge is 2.33. The van der Waals surface area contributed by atoms with E-state index in [1.807, 2.05) is 25.1 Å². The van der Waals surface area contributed by atoms with Crippen LogP contribution in [0.1, 0.15) is 116 Å². The number of carboxylic acid groups (broad SMARTS) is 1. The van der Waals surface area contributed by atoms with Gasteiger partial charge in [0.2, 0.25) is 0 Å². The molecular formula is C33H55N5O4. The Morgan fingerprint density at radius 1 is 1.12 bits per heavy atom. The Morgan fingerprint density at radius 3 is 2.24 bits per heavy atom. The highest BCUT2D eigenvalue weighted by atomic mass is 16.3. The molecule has 1 unspecified atom stereocenters. The number of hydrogen-bond donors (Lipinski definition) is 5. The van der Waals surface area contributed by atoms with Crippen molar-refractivity contribution in [2.75, 3.05) is 6.54 Å². The molecule has 1 aromatic heterocycles. The van der Waals surface area contributed by atoms with Gasteiger partial charge in [0.25, 0.3) is 18.3 Å². The molecule has 9 nitrogen and oxygen atoms in total. The molecule has 7 N–H and O–H groups in total. The number of nitrogens with two attached hydrogens (primary N) is 2. The SMILES string of the molecule is C=C(N)CCCNC(=O)c1ccc(C(C)(C)CC(C)(C)/C(C)=C/C(C(=O)NC(N)CCC)=C(/C)CCC)nc1.O=CO. The van der Waals surface area contributed by atoms with Gasteiger partial charge in [-0.15, -0.1) is 0 Å². The maximum Gasteiger partial charge on any atom is 0.290 e. The van der Waals surface area contributed by atoms with Crippen molar-refractivity contribution in [2.45, 2.75) is 112 Å². The summed E-state index contributed by atoms with van der Waals surface area (Å²) in [5.74, 6) is -0.257. The molecule has 0 fully saturated rings. The number of amides is 2. The summed E-state index contributed by atoms with van der Waals surface area (Å²) in [5, 5.41) is 12.8. The summed E-state index contributed by atoms with van der Waals surface area (Å²) in [4.78, 5) is 38.7. The fraction of sp³-hybridized carbons (Fsp3) is 0.576. The Balaban J connectivity index is 0.00000535. The highest BCUT2D eigenvalue weighted by Crippen LogP contribution is 2.41. The Morgan fingerprint density at radius 2 is 1.74 bits per heavy atom. The minimum absolute atomic E-state index is 0.111. The summed E-state index contributed by atoms with van der Waals surface area (Å²) in [6, 6.07) is 3.76. The number of nitrogens with one attached hydrogen (secondary N) is 2. The van der Waals surface area contributed by atoms with Crippen LogP contribution in [0.5, 0.6) is 0 Å². The number of aromatic nitrogens is 1. The number of allylic oxidation sites excluding steroid dienone is 3. The average Bonchev–Trinajstić information content (AvgIpc) is 2.89. The number of carbonyl (C=O) groups is 3. The Hall–Kier alpha value is -3.46. The quantitative estimate of drug-likeness (QED) is 0.0545. The van der Waals surface area contributed by atoms with E-state index in [1.54, 1.807) is 6.20 Å². The normalized spacial score (nSPS) is 13.2. The van der Waals surface area contributed by atoms with Crippen molar-refractivity contribution in [3.05, 3.63) is 64.7 Å². The molecule has 0 aliphatic rings. The van der Waals surface area contributed by atoms with Crippen LogP contribution in [0.3, 0.4) is 0 Å². The summed E-state index contributed by atoms with van der Waals surface area (Å²) < 4.78 is 0. The molecule has 42 heavy (non-hydrogen) atoms. The molecule has 0 saturated heterocycles. The Kier molecular flexibility index (Phi) is 17.3. The van der Waals surface area contributed by atoms with Crippen molar-refractivity contribution in [1.82, 2.24) is 15.6 Å².